The maximum atomic E-state index is 13.1. The van der Waals surface area contributed by atoms with Gasteiger partial charge < -0.3 is 36.6 Å². The Hall–Kier alpha value is -2.73. The number of carbonyl (C=O) groups excluding carboxylic acids is 3. The molecule has 7 N–H and O–H groups in total. The first-order chi connectivity index (χ1) is 14.4. The predicted molar refractivity (Wildman–Crippen MR) is 108 cm³/mol. The lowest BCUT2D eigenvalue weighted by molar-refractivity contribution is -0.147. The van der Waals surface area contributed by atoms with Crippen molar-refractivity contribution in [2.24, 2.45) is 11.7 Å². The number of hydrogen-bond acceptors (Lipinski definition) is 7. The molecule has 1 heterocycles. The molecule has 1 fully saturated rings. The van der Waals surface area contributed by atoms with Crippen molar-refractivity contribution in [3.8, 4) is 0 Å². The number of carbonyl (C=O) groups is 5. The number of nitrogens with two attached hydrogens (primary N) is 1. The Morgan fingerprint density at radius 1 is 1.06 bits per heavy atom. The monoisotopic (exact) mass is 444 g/mol. The Labute approximate surface area is 180 Å². The summed E-state index contributed by atoms with van der Waals surface area (Å²) in [7, 11) is 0. The van der Waals surface area contributed by atoms with Gasteiger partial charge in [0.15, 0.2) is 6.04 Å². The van der Waals surface area contributed by atoms with Crippen molar-refractivity contribution in [3.63, 3.8) is 0 Å². The fourth-order valence-corrected chi connectivity index (χ4v) is 3.30. The van der Waals surface area contributed by atoms with Crippen molar-refractivity contribution < 1.29 is 39.3 Å². The van der Waals surface area contributed by atoms with E-state index in [9.17, 15) is 29.1 Å². The first kappa shape index (κ1) is 26.3. The van der Waals surface area contributed by atoms with Gasteiger partial charge in [-0.15, -0.1) is 0 Å². The molecule has 0 aromatic carbocycles. The van der Waals surface area contributed by atoms with Gasteiger partial charge in [-0.1, -0.05) is 13.8 Å². The molecule has 5 unspecified atom stereocenters. The minimum Gasteiger partial charge on any atom is -0.481 e. The number of carboxylic acids is 2. The third-order valence-corrected chi connectivity index (χ3v) is 5.12. The Bertz CT molecular complexity index is 696. The van der Waals surface area contributed by atoms with Crippen molar-refractivity contribution in [1.82, 2.24) is 15.5 Å². The van der Waals surface area contributed by atoms with E-state index in [-0.39, 0.29) is 25.3 Å². The number of aliphatic carboxylic acids is 2. The molecule has 0 bridgehead atoms. The van der Waals surface area contributed by atoms with Crippen LogP contribution in [0.4, 0.5) is 0 Å². The van der Waals surface area contributed by atoms with Gasteiger partial charge in [-0.25, -0.2) is 4.79 Å². The highest BCUT2D eigenvalue weighted by Gasteiger charge is 2.40. The second kappa shape index (κ2) is 11.6. The Morgan fingerprint density at radius 3 is 2.16 bits per heavy atom. The second-order valence-corrected chi connectivity index (χ2v) is 8.02. The van der Waals surface area contributed by atoms with Crippen LogP contribution in [0.2, 0.25) is 0 Å². The van der Waals surface area contributed by atoms with E-state index in [2.05, 4.69) is 10.6 Å². The topological polar surface area (TPSA) is 199 Å². The van der Waals surface area contributed by atoms with E-state index in [4.69, 9.17) is 15.9 Å². The maximum absolute atomic E-state index is 13.1. The standard InChI is InChI=1S/C19H32N4O8/c1-9(2)14(21-16(27)11(20)6-7-13(25)26)18(29)23-8-4-5-12(23)17(28)22-15(10(3)24)19(30)31/h9-12,14-15,24H,4-8,20H2,1-3H3,(H,21,27)(H,22,28)(H,25,26)(H,30,31). The minimum absolute atomic E-state index is 0.0924. The molecule has 1 aliphatic rings. The number of aliphatic hydroxyl groups is 1. The molecule has 1 saturated heterocycles. The smallest absolute Gasteiger partial charge is 0.328 e. The molecule has 31 heavy (non-hydrogen) atoms. The number of amides is 3. The van der Waals surface area contributed by atoms with Gasteiger partial charge in [0.1, 0.15) is 12.1 Å². The van der Waals surface area contributed by atoms with Crippen molar-refractivity contribution in [2.45, 2.75) is 76.7 Å². The van der Waals surface area contributed by atoms with Crippen molar-refractivity contribution in [2.75, 3.05) is 6.54 Å². The van der Waals surface area contributed by atoms with Gasteiger partial charge in [0.2, 0.25) is 17.7 Å². The largest absolute Gasteiger partial charge is 0.481 e. The lowest BCUT2D eigenvalue weighted by atomic mass is 10.0. The number of carboxylic acid groups (broad SMARTS) is 2. The lowest BCUT2D eigenvalue weighted by Gasteiger charge is -2.31. The van der Waals surface area contributed by atoms with E-state index < -0.39 is 59.9 Å². The number of nitrogens with zero attached hydrogens (tertiary/aromatic N) is 1. The summed E-state index contributed by atoms with van der Waals surface area (Å²) in [5.41, 5.74) is 5.71. The maximum Gasteiger partial charge on any atom is 0.328 e. The van der Waals surface area contributed by atoms with Gasteiger partial charge in [0.25, 0.3) is 0 Å². The van der Waals surface area contributed by atoms with E-state index in [1.807, 2.05) is 0 Å². The molecule has 0 aliphatic carbocycles. The number of likely N-dealkylation sites (tertiary alicyclic amines) is 1. The van der Waals surface area contributed by atoms with Crippen LogP contribution in [-0.4, -0.2) is 86.7 Å². The van der Waals surface area contributed by atoms with Crippen LogP contribution in [0.5, 0.6) is 0 Å². The van der Waals surface area contributed by atoms with Gasteiger partial charge >= 0.3 is 11.9 Å². The van der Waals surface area contributed by atoms with Crippen molar-refractivity contribution in [1.29, 1.82) is 0 Å². The average molecular weight is 444 g/mol. The summed E-state index contributed by atoms with van der Waals surface area (Å²) >= 11 is 0. The molecule has 0 aromatic rings. The van der Waals surface area contributed by atoms with E-state index in [0.717, 1.165) is 0 Å². The molecule has 1 rings (SSSR count). The predicted octanol–water partition coefficient (Wildman–Crippen LogP) is -1.74. The Kier molecular flexibility index (Phi) is 9.85. The summed E-state index contributed by atoms with van der Waals surface area (Å²) in [5, 5.41) is 32.2. The molecule has 3 amide bonds. The van der Waals surface area contributed by atoms with E-state index in [1.165, 1.54) is 11.8 Å². The van der Waals surface area contributed by atoms with Crippen LogP contribution in [-0.2, 0) is 24.0 Å². The second-order valence-electron chi connectivity index (χ2n) is 8.02. The van der Waals surface area contributed by atoms with Gasteiger partial charge in [0, 0.05) is 13.0 Å². The first-order valence-corrected chi connectivity index (χ1v) is 10.2. The molecular formula is C19H32N4O8. The summed E-state index contributed by atoms with van der Waals surface area (Å²) in [6, 6.07) is -4.56. The summed E-state index contributed by atoms with van der Waals surface area (Å²) in [6.07, 6.45) is -0.905. The number of hydrogen-bond donors (Lipinski definition) is 6. The van der Waals surface area contributed by atoms with Crippen LogP contribution in [0.3, 0.4) is 0 Å². The van der Waals surface area contributed by atoms with E-state index >= 15 is 0 Å². The molecule has 1 aliphatic heterocycles. The number of nitrogens with one attached hydrogen (secondary N) is 2. The summed E-state index contributed by atoms with van der Waals surface area (Å²) in [4.78, 5) is 61.2. The lowest BCUT2D eigenvalue weighted by Crippen LogP contribution is -2.59. The Morgan fingerprint density at radius 2 is 1.68 bits per heavy atom. The SMILES string of the molecule is CC(C)C(NC(=O)C(N)CCC(=O)O)C(=O)N1CCCC1C(=O)NC(C(=O)O)C(C)O. The van der Waals surface area contributed by atoms with Crippen molar-refractivity contribution >= 4 is 29.7 Å². The van der Waals surface area contributed by atoms with Crippen LogP contribution in [0.15, 0.2) is 0 Å². The van der Waals surface area contributed by atoms with E-state index in [1.54, 1.807) is 13.8 Å². The molecule has 12 nitrogen and oxygen atoms in total. The molecule has 5 atom stereocenters. The van der Waals surface area contributed by atoms with Gasteiger partial charge in [-0.05, 0) is 32.1 Å². The van der Waals surface area contributed by atoms with Crippen LogP contribution in [0, 0.1) is 5.92 Å². The summed E-state index contributed by atoms with van der Waals surface area (Å²) < 4.78 is 0. The van der Waals surface area contributed by atoms with Gasteiger partial charge in [-0.2, -0.15) is 0 Å². The highest BCUT2D eigenvalue weighted by atomic mass is 16.4. The van der Waals surface area contributed by atoms with E-state index in [0.29, 0.717) is 12.8 Å². The number of aliphatic hydroxyl groups excluding tert-OH is 1. The van der Waals surface area contributed by atoms with Gasteiger partial charge in [0.05, 0.1) is 12.1 Å². The molecule has 176 valence electrons. The Balaban J connectivity index is 2.89. The fourth-order valence-electron chi connectivity index (χ4n) is 3.30. The summed E-state index contributed by atoms with van der Waals surface area (Å²) in [6.45, 7) is 4.87. The third kappa shape index (κ3) is 7.47. The molecule has 12 heteroatoms. The zero-order valence-corrected chi connectivity index (χ0v) is 17.9. The zero-order chi connectivity index (χ0) is 23.9. The minimum atomic E-state index is -1.52. The van der Waals surface area contributed by atoms with Gasteiger partial charge in [-0.3, -0.25) is 19.2 Å². The van der Waals surface area contributed by atoms with Crippen molar-refractivity contribution in [3.05, 3.63) is 0 Å². The first-order valence-electron chi connectivity index (χ1n) is 10.2. The highest BCUT2D eigenvalue weighted by Crippen LogP contribution is 2.21. The summed E-state index contributed by atoms with van der Waals surface area (Å²) in [5.74, 6) is -4.74. The molecule has 0 radical (unpaired) electrons. The van der Waals surface area contributed by atoms with Crippen LogP contribution in [0.25, 0.3) is 0 Å². The third-order valence-electron chi connectivity index (χ3n) is 5.12. The highest BCUT2D eigenvalue weighted by molar-refractivity contribution is 5.94. The van der Waals surface area contributed by atoms with Crippen LogP contribution in [0.1, 0.15) is 46.5 Å². The average Bonchev–Trinajstić information content (AvgIpc) is 3.16. The molecular weight excluding hydrogens is 412 g/mol. The molecule has 0 aromatic heterocycles. The zero-order valence-electron chi connectivity index (χ0n) is 17.9. The quantitative estimate of drug-likeness (QED) is 0.214. The fraction of sp³-hybridized carbons (Fsp3) is 0.737. The normalized spacial score (nSPS) is 19.9. The van der Waals surface area contributed by atoms with Crippen LogP contribution >= 0.6 is 0 Å². The number of rotatable bonds is 11. The molecule has 0 saturated carbocycles. The van der Waals surface area contributed by atoms with Crippen LogP contribution < -0.4 is 16.4 Å². The molecule has 0 spiro atoms.